The summed E-state index contributed by atoms with van der Waals surface area (Å²) in [6.45, 7) is 6.95. The number of nitrogens with one attached hydrogen (secondary N) is 1. The van der Waals surface area contributed by atoms with Gasteiger partial charge in [0.2, 0.25) is 5.88 Å². The van der Waals surface area contributed by atoms with Gasteiger partial charge in [-0.05, 0) is 25.5 Å². The monoisotopic (exact) mass is 399 g/mol. The van der Waals surface area contributed by atoms with E-state index in [0.717, 1.165) is 31.0 Å². The van der Waals surface area contributed by atoms with Gasteiger partial charge in [0.05, 0.1) is 7.11 Å². The molecule has 1 N–H and O–H groups in total. The molecule has 1 atom stereocenters. The van der Waals surface area contributed by atoms with E-state index in [4.69, 9.17) is 9.47 Å². The number of carbonyl (C=O) groups is 1. The van der Waals surface area contributed by atoms with Crippen LogP contribution in [0.3, 0.4) is 0 Å². The zero-order valence-electron chi connectivity index (χ0n) is 17.3. The normalized spacial score (nSPS) is 16.4. The number of piperazine rings is 1. The average molecular weight is 399 g/mol. The molecule has 1 aromatic carbocycles. The van der Waals surface area contributed by atoms with Crippen molar-refractivity contribution in [1.29, 1.82) is 0 Å². The second kappa shape index (κ2) is 9.95. The van der Waals surface area contributed by atoms with Crippen LogP contribution in [0.1, 0.15) is 26.7 Å². The molecule has 1 aliphatic heterocycles. The average Bonchev–Trinajstić information content (AvgIpc) is 2.74. The number of carbonyl (C=O) groups excluding carboxylic acids is 1. The highest BCUT2D eigenvalue weighted by Gasteiger charge is 2.28. The molecule has 1 saturated heterocycles. The first-order valence-electron chi connectivity index (χ1n) is 10.0. The smallest absolute Gasteiger partial charge is 0.317 e. The molecule has 0 radical (unpaired) electrons. The van der Waals surface area contributed by atoms with Gasteiger partial charge in [-0.2, -0.15) is 0 Å². The summed E-state index contributed by atoms with van der Waals surface area (Å²) in [5.41, 5.74) is 0. The molecular weight excluding hydrogens is 370 g/mol. The summed E-state index contributed by atoms with van der Waals surface area (Å²) in [5, 5.41) is 3.00. The van der Waals surface area contributed by atoms with Crippen molar-refractivity contribution in [3.63, 3.8) is 0 Å². The fraction of sp³-hybridized carbons (Fsp3) is 0.476. The van der Waals surface area contributed by atoms with Gasteiger partial charge in [0, 0.05) is 44.4 Å². The Morgan fingerprint density at radius 3 is 2.83 bits per heavy atom. The molecule has 0 unspecified atom stereocenters. The van der Waals surface area contributed by atoms with Crippen LogP contribution in [-0.4, -0.2) is 60.2 Å². The highest BCUT2D eigenvalue weighted by Crippen LogP contribution is 2.26. The quantitative estimate of drug-likeness (QED) is 0.720. The van der Waals surface area contributed by atoms with Gasteiger partial charge in [0.1, 0.15) is 23.6 Å². The van der Waals surface area contributed by atoms with Crippen molar-refractivity contribution in [3.8, 4) is 17.4 Å². The minimum absolute atomic E-state index is 0.00957. The number of rotatable bonds is 7. The lowest BCUT2D eigenvalue weighted by molar-refractivity contribution is 0.171. The lowest BCUT2D eigenvalue weighted by Crippen LogP contribution is -2.56. The first kappa shape index (κ1) is 20.7. The molecular formula is C21H29N5O3. The molecule has 1 aliphatic rings. The van der Waals surface area contributed by atoms with Gasteiger partial charge in [-0.25, -0.2) is 14.8 Å². The Labute approximate surface area is 171 Å². The zero-order valence-corrected chi connectivity index (χ0v) is 17.3. The van der Waals surface area contributed by atoms with Crippen molar-refractivity contribution in [2.24, 2.45) is 0 Å². The Balaban J connectivity index is 1.61. The minimum Gasteiger partial charge on any atom is -0.497 e. The molecule has 1 fully saturated rings. The van der Waals surface area contributed by atoms with E-state index in [1.54, 1.807) is 13.2 Å². The first-order chi connectivity index (χ1) is 14.1. The SMILES string of the molecule is CCCCNC(=O)N1CCN(c2cc(Oc3cccc(OC)c3)ncn2)C[C@@H]1C. The lowest BCUT2D eigenvalue weighted by Gasteiger charge is -2.40. The molecule has 2 heterocycles. The molecule has 2 amide bonds. The van der Waals surface area contributed by atoms with E-state index in [1.165, 1.54) is 6.33 Å². The molecule has 0 spiro atoms. The summed E-state index contributed by atoms with van der Waals surface area (Å²) in [6, 6.07) is 9.30. The fourth-order valence-electron chi connectivity index (χ4n) is 3.29. The van der Waals surface area contributed by atoms with E-state index < -0.39 is 0 Å². The predicted octanol–water partition coefficient (Wildman–Crippen LogP) is 3.30. The fourth-order valence-corrected chi connectivity index (χ4v) is 3.29. The standard InChI is InChI=1S/C21H29N5O3/c1-4-5-9-22-21(27)26-11-10-25(14-16(26)2)19-13-20(24-15-23-19)29-18-8-6-7-17(12-18)28-3/h6-8,12-13,15-16H,4-5,9-11,14H2,1-3H3,(H,22,27)/t16-/m0/s1. The topological polar surface area (TPSA) is 79.8 Å². The number of anilines is 1. The summed E-state index contributed by atoms with van der Waals surface area (Å²) in [6.07, 6.45) is 3.56. The summed E-state index contributed by atoms with van der Waals surface area (Å²) in [4.78, 5) is 25.0. The number of hydrogen-bond donors (Lipinski definition) is 1. The highest BCUT2D eigenvalue weighted by molar-refractivity contribution is 5.75. The maximum Gasteiger partial charge on any atom is 0.317 e. The zero-order chi connectivity index (χ0) is 20.6. The third kappa shape index (κ3) is 5.49. The number of hydrogen-bond acceptors (Lipinski definition) is 6. The third-order valence-corrected chi connectivity index (χ3v) is 4.91. The van der Waals surface area contributed by atoms with E-state index in [-0.39, 0.29) is 12.1 Å². The maximum atomic E-state index is 12.4. The molecule has 0 bridgehead atoms. The van der Waals surface area contributed by atoms with Gasteiger partial charge >= 0.3 is 6.03 Å². The summed E-state index contributed by atoms with van der Waals surface area (Å²) in [7, 11) is 1.62. The van der Waals surface area contributed by atoms with Crippen molar-refractivity contribution in [1.82, 2.24) is 20.2 Å². The van der Waals surface area contributed by atoms with Crippen LogP contribution in [0, 0.1) is 0 Å². The van der Waals surface area contributed by atoms with Crippen molar-refractivity contribution >= 4 is 11.8 Å². The highest BCUT2D eigenvalue weighted by atomic mass is 16.5. The Kier molecular flexibility index (Phi) is 7.10. The molecule has 0 saturated carbocycles. The van der Waals surface area contributed by atoms with Crippen LogP contribution in [0.4, 0.5) is 10.6 Å². The van der Waals surface area contributed by atoms with E-state index in [0.29, 0.717) is 31.3 Å². The number of aromatic nitrogens is 2. The van der Waals surface area contributed by atoms with Crippen molar-refractivity contribution < 1.29 is 14.3 Å². The van der Waals surface area contributed by atoms with Crippen LogP contribution in [0.15, 0.2) is 36.7 Å². The van der Waals surface area contributed by atoms with E-state index in [2.05, 4.69) is 34.0 Å². The Bertz CT molecular complexity index is 816. The molecule has 156 valence electrons. The second-order valence-electron chi connectivity index (χ2n) is 7.07. The molecule has 8 nitrogen and oxygen atoms in total. The molecule has 29 heavy (non-hydrogen) atoms. The van der Waals surface area contributed by atoms with Crippen molar-refractivity contribution in [2.75, 3.05) is 38.2 Å². The van der Waals surface area contributed by atoms with Gasteiger partial charge in [-0.1, -0.05) is 19.4 Å². The Morgan fingerprint density at radius 1 is 1.24 bits per heavy atom. The lowest BCUT2D eigenvalue weighted by atomic mass is 10.2. The number of methoxy groups -OCH3 is 1. The van der Waals surface area contributed by atoms with Crippen LogP contribution in [0.25, 0.3) is 0 Å². The molecule has 1 aromatic heterocycles. The summed E-state index contributed by atoms with van der Waals surface area (Å²) in [5.74, 6) is 2.63. The number of nitrogens with zero attached hydrogens (tertiary/aromatic N) is 4. The van der Waals surface area contributed by atoms with Crippen LogP contribution >= 0.6 is 0 Å². The molecule has 0 aliphatic carbocycles. The Hall–Kier alpha value is -3.03. The number of amides is 2. The van der Waals surface area contributed by atoms with Gasteiger partial charge < -0.3 is 24.6 Å². The number of ether oxygens (including phenoxy) is 2. The van der Waals surface area contributed by atoms with Crippen LogP contribution in [0.2, 0.25) is 0 Å². The third-order valence-electron chi connectivity index (χ3n) is 4.91. The van der Waals surface area contributed by atoms with E-state index in [9.17, 15) is 4.79 Å². The van der Waals surface area contributed by atoms with Crippen LogP contribution < -0.4 is 19.7 Å². The van der Waals surface area contributed by atoms with Crippen molar-refractivity contribution in [2.45, 2.75) is 32.7 Å². The van der Waals surface area contributed by atoms with Crippen molar-refractivity contribution in [3.05, 3.63) is 36.7 Å². The number of unbranched alkanes of at least 4 members (excludes halogenated alkanes) is 1. The van der Waals surface area contributed by atoms with Crippen LogP contribution in [0.5, 0.6) is 17.4 Å². The molecule has 2 aromatic rings. The maximum absolute atomic E-state index is 12.4. The van der Waals surface area contributed by atoms with Gasteiger partial charge in [0.25, 0.3) is 0 Å². The Morgan fingerprint density at radius 2 is 2.07 bits per heavy atom. The molecule has 8 heteroatoms. The first-order valence-corrected chi connectivity index (χ1v) is 10.0. The van der Waals surface area contributed by atoms with Gasteiger partial charge in [0.15, 0.2) is 0 Å². The minimum atomic E-state index is 0.00957. The van der Waals surface area contributed by atoms with Crippen LogP contribution in [-0.2, 0) is 0 Å². The number of urea groups is 1. The summed E-state index contributed by atoms with van der Waals surface area (Å²) >= 11 is 0. The van der Waals surface area contributed by atoms with E-state index in [1.807, 2.05) is 29.2 Å². The predicted molar refractivity (Wildman–Crippen MR) is 112 cm³/mol. The second-order valence-corrected chi connectivity index (χ2v) is 7.07. The van der Waals surface area contributed by atoms with E-state index >= 15 is 0 Å². The van der Waals surface area contributed by atoms with Gasteiger partial charge in [-0.15, -0.1) is 0 Å². The summed E-state index contributed by atoms with van der Waals surface area (Å²) < 4.78 is 11.1. The largest absolute Gasteiger partial charge is 0.497 e. The van der Waals surface area contributed by atoms with Gasteiger partial charge in [-0.3, -0.25) is 0 Å². The number of benzene rings is 1. The molecule has 3 rings (SSSR count).